The molecule has 4 rings (SSSR count). The third-order valence-electron chi connectivity index (χ3n) is 3.58. The second-order valence-corrected chi connectivity index (χ2v) is 6.29. The van der Waals surface area contributed by atoms with Crippen LogP contribution in [0.15, 0.2) is 30.2 Å². The molecule has 1 saturated carbocycles. The molecule has 0 saturated heterocycles. The van der Waals surface area contributed by atoms with Crippen LogP contribution in [0.4, 0.5) is 5.69 Å². The van der Waals surface area contributed by atoms with Crippen molar-refractivity contribution >= 4 is 38.8 Å². The smallest absolute Gasteiger partial charge is 0.106 e. The molecule has 102 valence electrons. The van der Waals surface area contributed by atoms with E-state index in [2.05, 4.69) is 19.9 Å². The summed E-state index contributed by atoms with van der Waals surface area (Å²) in [5, 5.41) is 4.13. The SMILES string of the molecule is Clc1ccc2scnc2c1NCc1cncn1C1CC1. The summed E-state index contributed by atoms with van der Waals surface area (Å²) in [5.41, 5.74) is 4.89. The van der Waals surface area contributed by atoms with Crippen molar-refractivity contribution in [1.82, 2.24) is 14.5 Å². The molecule has 20 heavy (non-hydrogen) atoms. The van der Waals surface area contributed by atoms with Crippen molar-refractivity contribution in [1.29, 1.82) is 0 Å². The Morgan fingerprint density at radius 1 is 1.40 bits per heavy atom. The highest BCUT2D eigenvalue weighted by Gasteiger charge is 2.25. The van der Waals surface area contributed by atoms with Gasteiger partial charge >= 0.3 is 0 Å². The Bertz CT molecular complexity index is 759. The summed E-state index contributed by atoms with van der Waals surface area (Å²) >= 11 is 7.92. The monoisotopic (exact) mass is 304 g/mol. The zero-order chi connectivity index (χ0) is 13.5. The number of fused-ring (bicyclic) bond motifs is 1. The Balaban J connectivity index is 1.62. The van der Waals surface area contributed by atoms with Gasteiger partial charge in [0.2, 0.25) is 0 Å². The molecule has 0 atom stereocenters. The van der Waals surface area contributed by atoms with Crippen LogP contribution in [0.2, 0.25) is 5.02 Å². The summed E-state index contributed by atoms with van der Waals surface area (Å²) in [6.07, 6.45) is 6.34. The van der Waals surface area contributed by atoms with E-state index in [0.717, 1.165) is 15.9 Å². The molecule has 6 heteroatoms. The molecule has 0 spiro atoms. The van der Waals surface area contributed by atoms with Crippen molar-refractivity contribution in [3.05, 3.63) is 40.9 Å². The summed E-state index contributed by atoms with van der Waals surface area (Å²) in [6.45, 7) is 0.715. The highest BCUT2D eigenvalue weighted by Crippen LogP contribution is 2.36. The van der Waals surface area contributed by atoms with Crippen LogP contribution in [0.3, 0.4) is 0 Å². The van der Waals surface area contributed by atoms with Gasteiger partial charge in [-0.2, -0.15) is 0 Å². The first-order chi connectivity index (χ1) is 9.83. The number of benzene rings is 1. The second-order valence-electron chi connectivity index (χ2n) is 5.00. The average Bonchev–Trinajstić information content (AvgIpc) is 3.00. The number of halogens is 1. The Morgan fingerprint density at radius 2 is 2.30 bits per heavy atom. The predicted octanol–water partition coefficient (Wildman–Crippen LogP) is 4.09. The predicted molar refractivity (Wildman–Crippen MR) is 82.5 cm³/mol. The van der Waals surface area contributed by atoms with Gasteiger partial charge in [0.1, 0.15) is 5.52 Å². The number of anilines is 1. The molecule has 0 unspecified atom stereocenters. The zero-order valence-corrected chi connectivity index (χ0v) is 12.3. The molecule has 2 heterocycles. The summed E-state index contributed by atoms with van der Waals surface area (Å²) < 4.78 is 3.40. The first-order valence-electron chi connectivity index (χ1n) is 6.59. The van der Waals surface area contributed by atoms with E-state index in [1.54, 1.807) is 11.3 Å². The number of hydrogen-bond acceptors (Lipinski definition) is 4. The number of aromatic nitrogens is 3. The van der Waals surface area contributed by atoms with Crippen LogP contribution in [0, 0.1) is 0 Å². The molecule has 1 N–H and O–H groups in total. The summed E-state index contributed by atoms with van der Waals surface area (Å²) in [4.78, 5) is 8.65. The number of imidazole rings is 1. The third-order valence-corrected chi connectivity index (χ3v) is 4.69. The van der Waals surface area contributed by atoms with Gasteiger partial charge in [-0.15, -0.1) is 11.3 Å². The van der Waals surface area contributed by atoms with E-state index in [1.165, 1.54) is 18.5 Å². The van der Waals surface area contributed by atoms with Gasteiger partial charge in [0.15, 0.2) is 0 Å². The van der Waals surface area contributed by atoms with Gasteiger partial charge in [-0.1, -0.05) is 11.6 Å². The summed E-state index contributed by atoms with van der Waals surface area (Å²) in [6, 6.07) is 4.57. The fourth-order valence-corrected chi connectivity index (χ4v) is 3.31. The highest BCUT2D eigenvalue weighted by molar-refractivity contribution is 7.16. The van der Waals surface area contributed by atoms with Crippen molar-refractivity contribution in [2.75, 3.05) is 5.32 Å². The van der Waals surface area contributed by atoms with E-state index in [-0.39, 0.29) is 0 Å². The fraction of sp³-hybridized carbons (Fsp3) is 0.286. The molecular formula is C14H13ClN4S. The molecule has 1 fully saturated rings. The van der Waals surface area contributed by atoms with Crippen LogP contribution in [0.1, 0.15) is 24.6 Å². The minimum absolute atomic E-state index is 0.639. The Kier molecular flexibility index (Phi) is 2.89. The van der Waals surface area contributed by atoms with Gasteiger partial charge < -0.3 is 9.88 Å². The number of hydrogen-bond donors (Lipinski definition) is 1. The van der Waals surface area contributed by atoms with Crippen molar-refractivity contribution < 1.29 is 0 Å². The molecular weight excluding hydrogens is 292 g/mol. The molecule has 1 aromatic carbocycles. The van der Waals surface area contributed by atoms with E-state index in [1.807, 2.05) is 30.2 Å². The number of rotatable bonds is 4. The molecule has 0 bridgehead atoms. The molecule has 0 radical (unpaired) electrons. The number of thiazole rings is 1. The van der Waals surface area contributed by atoms with Gasteiger partial charge in [0.25, 0.3) is 0 Å². The lowest BCUT2D eigenvalue weighted by atomic mass is 10.2. The van der Waals surface area contributed by atoms with Crippen LogP contribution < -0.4 is 5.32 Å². The molecule has 1 aliphatic rings. The van der Waals surface area contributed by atoms with Gasteiger partial charge in [-0.25, -0.2) is 9.97 Å². The first kappa shape index (κ1) is 12.2. The van der Waals surface area contributed by atoms with Gasteiger partial charge in [0.05, 0.1) is 39.5 Å². The van der Waals surface area contributed by atoms with Gasteiger partial charge in [-0.3, -0.25) is 0 Å². The summed E-state index contributed by atoms with van der Waals surface area (Å²) in [7, 11) is 0. The van der Waals surface area contributed by atoms with Crippen LogP contribution in [-0.2, 0) is 6.54 Å². The van der Waals surface area contributed by atoms with Gasteiger partial charge in [0, 0.05) is 12.2 Å². The quantitative estimate of drug-likeness (QED) is 0.789. The van der Waals surface area contributed by atoms with Crippen LogP contribution in [0.5, 0.6) is 0 Å². The van der Waals surface area contributed by atoms with Crippen LogP contribution >= 0.6 is 22.9 Å². The minimum atomic E-state index is 0.639. The standard InChI is InChI=1S/C14H13ClN4S/c15-11-3-4-12-14(18-8-20-12)13(11)17-6-10-5-16-7-19(10)9-1-2-9/h3-5,7-9,17H,1-2,6H2. The maximum absolute atomic E-state index is 6.29. The molecule has 3 aromatic rings. The fourth-order valence-electron chi connectivity index (χ4n) is 2.40. The lowest BCUT2D eigenvalue weighted by Gasteiger charge is -2.11. The largest absolute Gasteiger partial charge is 0.376 e. The number of nitrogens with zero attached hydrogens (tertiary/aromatic N) is 3. The van der Waals surface area contributed by atoms with Crippen LogP contribution in [-0.4, -0.2) is 14.5 Å². The van der Waals surface area contributed by atoms with E-state index in [9.17, 15) is 0 Å². The lowest BCUT2D eigenvalue weighted by molar-refractivity contribution is 0.701. The van der Waals surface area contributed by atoms with E-state index in [0.29, 0.717) is 17.6 Å². The van der Waals surface area contributed by atoms with Crippen molar-refractivity contribution in [2.24, 2.45) is 0 Å². The second kappa shape index (κ2) is 4.75. The molecule has 4 nitrogen and oxygen atoms in total. The molecule has 2 aromatic heterocycles. The van der Waals surface area contributed by atoms with E-state index >= 15 is 0 Å². The topological polar surface area (TPSA) is 42.7 Å². The first-order valence-corrected chi connectivity index (χ1v) is 7.85. The van der Waals surface area contributed by atoms with Crippen molar-refractivity contribution in [3.8, 4) is 0 Å². The van der Waals surface area contributed by atoms with Crippen molar-refractivity contribution in [2.45, 2.75) is 25.4 Å². The van der Waals surface area contributed by atoms with E-state index < -0.39 is 0 Å². The van der Waals surface area contributed by atoms with Gasteiger partial charge in [-0.05, 0) is 25.0 Å². The van der Waals surface area contributed by atoms with Crippen molar-refractivity contribution in [3.63, 3.8) is 0 Å². The lowest BCUT2D eigenvalue weighted by Crippen LogP contribution is -2.06. The zero-order valence-electron chi connectivity index (χ0n) is 10.7. The Labute approximate surface area is 125 Å². The molecule has 0 amide bonds. The Morgan fingerprint density at radius 3 is 3.15 bits per heavy atom. The van der Waals surface area contributed by atoms with Crippen LogP contribution in [0.25, 0.3) is 10.2 Å². The highest BCUT2D eigenvalue weighted by atomic mass is 35.5. The Hall–Kier alpha value is -1.59. The molecule has 1 aliphatic carbocycles. The number of nitrogens with one attached hydrogen (secondary N) is 1. The minimum Gasteiger partial charge on any atom is -0.376 e. The third kappa shape index (κ3) is 2.07. The molecule has 0 aliphatic heterocycles. The van der Waals surface area contributed by atoms with E-state index in [4.69, 9.17) is 11.6 Å². The maximum Gasteiger partial charge on any atom is 0.106 e. The summed E-state index contributed by atoms with van der Waals surface area (Å²) in [5.74, 6) is 0. The normalized spacial score (nSPS) is 14.8. The maximum atomic E-state index is 6.29. The average molecular weight is 305 g/mol.